The zero-order valence-electron chi connectivity index (χ0n) is 17.8. The number of nitrogens with zero attached hydrogens (tertiary/aromatic N) is 3. The first-order chi connectivity index (χ1) is 14.9. The van der Waals surface area contributed by atoms with Crippen LogP contribution in [-0.2, 0) is 20.8 Å². The zero-order chi connectivity index (χ0) is 22.0. The average molecular weight is 428 g/mol. The second-order valence-corrected chi connectivity index (χ2v) is 8.80. The Balaban J connectivity index is 1.25. The molecular formula is C22H29N5O4. The number of carbonyl (C=O) groups excluding carboxylic acids is 4. The second kappa shape index (κ2) is 8.66. The molecule has 1 aromatic rings. The molecule has 4 rings (SSSR count). The van der Waals surface area contributed by atoms with Crippen molar-refractivity contribution in [1.82, 2.24) is 25.6 Å². The number of hydrogen-bond donors (Lipinski definition) is 2. The van der Waals surface area contributed by atoms with Gasteiger partial charge in [0.25, 0.3) is 11.8 Å². The van der Waals surface area contributed by atoms with Crippen LogP contribution in [0.4, 0.5) is 4.79 Å². The summed E-state index contributed by atoms with van der Waals surface area (Å²) in [6.45, 7) is 4.15. The fourth-order valence-electron chi connectivity index (χ4n) is 4.07. The van der Waals surface area contributed by atoms with Gasteiger partial charge in [0.15, 0.2) is 0 Å². The van der Waals surface area contributed by atoms with Crippen LogP contribution in [0.5, 0.6) is 0 Å². The number of carbonyl (C=O) groups is 4. The molecule has 166 valence electrons. The summed E-state index contributed by atoms with van der Waals surface area (Å²) in [7, 11) is 0. The molecule has 1 aromatic carbocycles. The number of rotatable bonds is 7. The monoisotopic (exact) mass is 427 g/mol. The van der Waals surface area contributed by atoms with Crippen LogP contribution >= 0.6 is 0 Å². The third-order valence-corrected chi connectivity index (χ3v) is 6.23. The maximum atomic E-state index is 12.8. The summed E-state index contributed by atoms with van der Waals surface area (Å²) < 4.78 is 0. The molecule has 9 nitrogen and oxygen atoms in total. The highest BCUT2D eigenvalue weighted by molar-refractivity contribution is 6.07. The molecule has 31 heavy (non-hydrogen) atoms. The second-order valence-electron chi connectivity index (χ2n) is 8.80. The molecule has 1 saturated carbocycles. The van der Waals surface area contributed by atoms with Crippen molar-refractivity contribution in [3.63, 3.8) is 0 Å². The van der Waals surface area contributed by atoms with Gasteiger partial charge in [-0.3, -0.25) is 24.7 Å². The molecule has 3 aliphatic rings. The summed E-state index contributed by atoms with van der Waals surface area (Å²) in [5.74, 6) is -0.455. The topological polar surface area (TPSA) is 102 Å². The Labute approximate surface area is 181 Å². The van der Waals surface area contributed by atoms with Gasteiger partial charge < -0.3 is 10.2 Å². The van der Waals surface area contributed by atoms with E-state index in [9.17, 15) is 19.2 Å². The van der Waals surface area contributed by atoms with Crippen LogP contribution < -0.4 is 10.7 Å². The van der Waals surface area contributed by atoms with Gasteiger partial charge in [-0.05, 0) is 38.2 Å². The lowest BCUT2D eigenvalue weighted by Crippen LogP contribution is -2.54. The summed E-state index contributed by atoms with van der Waals surface area (Å²) in [5, 5.41) is 3.50. The van der Waals surface area contributed by atoms with Gasteiger partial charge in [-0.15, -0.1) is 0 Å². The van der Waals surface area contributed by atoms with Gasteiger partial charge in [0, 0.05) is 32.1 Å². The predicted molar refractivity (Wildman–Crippen MR) is 112 cm³/mol. The van der Waals surface area contributed by atoms with Crippen molar-refractivity contribution in [2.75, 3.05) is 32.7 Å². The predicted octanol–water partition coefficient (Wildman–Crippen LogP) is 0.515. The molecule has 2 saturated heterocycles. The quantitative estimate of drug-likeness (QED) is 0.618. The number of nitrogens with one attached hydrogen (secondary N) is 2. The highest BCUT2D eigenvalue weighted by Gasteiger charge is 2.48. The van der Waals surface area contributed by atoms with Crippen molar-refractivity contribution < 1.29 is 19.2 Å². The Bertz CT molecular complexity index is 864. The molecule has 2 N–H and O–H groups in total. The SMILES string of the molecule is C[C@]1(CCc2ccccc2)NC(=O)N(NC(=O)CN2CCN(C(=O)C3CC3)CC2)C1=O. The Morgan fingerprint density at radius 3 is 2.42 bits per heavy atom. The van der Waals surface area contributed by atoms with Crippen molar-refractivity contribution >= 4 is 23.8 Å². The van der Waals surface area contributed by atoms with Crippen molar-refractivity contribution in [2.45, 2.75) is 38.1 Å². The molecule has 0 unspecified atom stereocenters. The van der Waals surface area contributed by atoms with Crippen LogP contribution in [0.3, 0.4) is 0 Å². The first-order valence-electron chi connectivity index (χ1n) is 10.9. The molecule has 1 atom stereocenters. The molecule has 0 radical (unpaired) electrons. The van der Waals surface area contributed by atoms with Crippen LogP contribution in [-0.4, -0.2) is 76.8 Å². The lowest BCUT2D eigenvalue weighted by atomic mass is 9.93. The van der Waals surface area contributed by atoms with Gasteiger partial charge >= 0.3 is 6.03 Å². The summed E-state index contributed by atoms with van der Waals surface area (Å²) in [6, 6.07) is 9.12. The molecule has 0 spiro atoms. The van der Waals surface area contributed by atoms with E-state index in [1.54, 1.807) is 6.92 Å². The van der Waals surface area contributed by atoms with Gasteiger partial charge in [0.05, 0.1) is 6.54 Å². The molecule has 5 amide bonds. The van der Waals surface area contributed by atoms with Gasteiger partial charge in [0.2, 0.25) is 5.91 Å². The minimum Gasteiger partial charge on any atom is -0.340 e. The van der Waals surface area contributed by atoms with E-state index in [-0.39, 0.29) is 18.4 Å². The van der Waals surface area contributed by atoms with Crippen LogP contribution in [0, 0.1) is 5.92 Å². The van der Waals surface area contributed by atoms with E-state index < -0.39 is 23.4 Å². The minimum atomic E-state index is -1.06. The molecule has 2 heterocycles. The van der Waals surface area contributed by atoms with Crippen molar-refractivity contribution in [1.29, 1.82) is 0 Å². The molecule has 9 heteroatoms. The maximum Gasteiger partial charge on any atom is 0.344 e. The Hall–Kier alpha value is -2.94. The molecule has 0 aromatic heterocycles. The molecular weight excluding hydrogens is 398 g/mol. The smallest absolute Gasteiger partial charge is 0.340 e. The Kier molecular flexibility index (Phi) is 5.95. The van der Waals surface area contributed by atoms with Crippen molar-refractivity contribution in [3.05, 3.63) is 35.9 Å². The van der Waals surface area contributed by atoms with Crippen LogP contribution in [0.1, 0.15) is 31.7 Å². The van der Waals surface area contributed by atoms with Crippen LogP contribution in [0.15, 0.2) is 30.3 Å². The highest BCUT2D eigenvalue weighted by atomic mass is 16.2. The third-order valence-electron chi connectivity index (χ3n) is 6.23. The number of amides is 5. The first-order valence-corrected chi connectivity index (χ1v) is 10.9. The number of imide groups is 1. The number of benzene rings is 1. The number of hydrazine groups is 1. The van der Waals surface area contributed by atoms with E-state index in [4.69, 9.17) is 0 Å². The summed E-state index contributed by atoms with van der Waals surface area (Å²) in [5.41, 5.74) is 2.47. The number of urea groups is 1. The molecule has 2 aliphatic heterocycles. The molecule has 3 fully saturated rings. The largest absolute Gasteiger partial charge is 0.344 e. The molecule has 1 aliphatic carbocycles. The van der Waals surface area contributed by atoms with Crippen molar-refractivity contribution in [3.8, 4) is 0 Å². The highest BCUT2D eigenvalue weighted by Crippen LogP contribution is 2.31. The maximum absolute atomic E-state index is 12.8. The van der Waals surface area contributed by atoms with Crippen LogP contribution in [0.25, 0.3) is 0 Å². The van der Waals surface area contributed by atoms with Crippen molar-refractivity contribution in [2.24, 2.45) is 5.92 Å². The molecule has 0 bridgehead atoms. The fraction of sp³-hybridized carbons (Fsp3) is 0.545. The Morgan fingerprint density at radius 1 is 1.10 bits per heavy atom. The van der Waals surface area contributed by atoms with E-state index in [0.29, 0.717) is 39.0 Å². The van der Waals surface area contributed by atoms with E-state index in [1.165, 1.54) is 0 Å². The number of piperazine rings is 1. The zero-order valence-corrected chi connectivity index (χ0v) is 17.8. The van der Waals surface area contributed by atoms with Gasteiger partial charge in [-0.2, -0.15) is 5.01 Å². The first kappa shape index (κ1) is 21.3. The van der Waals surface area contributed by atoms with Gasteiger partial charge in [-0.25, -0.2) is 4.79 Å². The number of aryl methyl sites for hydroxylation is 1. The van der Waals surface area contributed by atoms with Gasteiger partial charge in [0.1, 0.15) is 5.54 Å². The Morgan fingerprint density at radius 2 is 1.77 bits per heavy atom. The summed E-state index contributed by atoms with van der Waals surface area (Å²) in [6.07, 6.45) is 3.04. The van der Waals surface area contributed by atoms with Gasteiger partial charge in [-0.1, -0.05) is 30.3 Å². The minimum absolute atomic E-state index is 0.0727. The lowest BCUT2D eigenvalue weighted by molar-refractivity contribution is -0.140. The average Bonchev–Trinajstić information content (AvgIpc) is 3.59. The standard InChI is InChI=1S/C22H29N5O4/c1-22(10-9-16-5-3-2-4-6-16)20(30)27(21(31)23-22)24-18(28)15-25-11-13-26(14-12-25)19(29)17-7-8-17/h2-6,17H,7-15H2,1H3,(H,23,31)(H,24,28)/t22-/m1/s1. The van der Waals surface area contributed by atoms with E-state index in [1.807, 2.05) is 40.1 Å². The number of hydrogen-bond acceptors (Lipinski definition) is 5. The lowest BCUT2D eigenvalue weighted by Gasteiger charge is -2.34. The summed E-state index contributed by atoms with van der Waals surface area (Å²) >= 11 is 0. The third kappa shape index (κ3) is 4.87. The van der Waals surface area contributed by atoms with E-state index in [0.717, 1.165) is 23.4 Å². The fourth-order valence-corrected chi connectivity index (χ4v) is 4.07. The van der Waals surface area contributed by atoms with E-state index in [2.05, 4.69) is 10.7 Å². The normalized spacial score (nSPS) is 24.3. The summed E-state index contributed by atoms with van der Waals surface area (Å²) in [4.78, 5) is 53.6. The van der Waals surface area contributed by atoms with E-state index >= 15 is 0 Å². The van der Waals surface area contributed by atoms with Crippen LogP contribution in [0.2, 0.25) is 0 Å².